The summed E-state index contributed by atoms with van der Waals surface area (Å²) in [6.45, 7) is 3.22. The quantitative estimate of drug-likeness (QED) is 0.496. The van der Waals surface area contributed by atoms with Gasteiger partial charge in [-0.3, -0.25) is 10.1 Å². The lowest BCUT2D eigenvalue weighted by molar-refractivity contribution is -0.115. The number of benzene rings is 2. The van der Waals surface area contributed by atoms with E-state index < -0.39 is 15.9 Å². The lowest BCUT2D eigenvalue weighted by atomic mass is 10.0. The van der Waals surface area contributed by atoms with Crippen LogP contribution in [0.5, 0.6) is 0 Å². The highest BCUT2D eigenvalue weighted by molar-refractivity contribution is 7.89. The summed E-state index contributed by atoms with van der Waals surface area (Å²) >= 11 is 11.2. The van der Waals surface area contributed by atoms with Gasteiger partial charge in [0.15, 0.2) is 5.11 Å². The molecule has 1 aliphatic heterocycles. The zero-order valence-electron chi connectivity index (χ0n) is 17.0. The van der Waals surface area contributed by atoms with Gasteiger partial charge in [0.2, 0.25) is 15.9 Å². The van der Waals surface area contributed by atoms with Crippen LogP contribution < -0.4 is 10.6 Å². The Morgan fingerprint density at radius 3 is 2.42 bits per heavy atom. The molecule has 3 rings (SSSR count). The van der Waals surface area contributed by atoms with E-state index in [1.54, 1.807) is 30.3 Å². The molecule has 1 heterocycles. The van der Waals surface area contributed by atoms with Crippen molar-refractivity contribution in [3.8, 4) is 0 Å². The fourth-order valence-corrected chi connectivity index (χ4v) is 5.06. The number of thiocarbonyl (C=S) groups is 1. The highest BCUT2D eigenvalue weighted by Gasteiger charge is 2.27. The monoisotopic (exact) mass is 477 g/mol. The van der Waals surface area contributed by atoms with Crippen molar-refractivity contribution in [3.05, 3.63) is 65.2 Å². The second kappa shape index (κ2) is 10.4. The topological polar surface area (TPSA) is 78.5 Å². The highest BCUT2D eigenvalue weighted by Crippen LogP contribution is 2.24. The summed E-state index contributed by atoms with van der Waals surface area (Å²) in [4.78, 5) is 12.3. The Hall–Kier alpha value is -2.26. The maximum absolute atomic E-state index is 12.8. The molecule has 0 unspecified atom stereocenters. The first-order chi connectivity index (χ1) is 14.8. The zero-order chi connectivity index (χ0) is 22.4. The van der Waals surface area contributed by atoms with Crippen molar-refractivity contribution in [3.63, 3.8) is 0 Å². The van der Waals surface area contributed by atoms with Gasteiger partial charge in [-0.2, -0.15) is 4.31 Å². The fourth-order valence-electron chi connectivity index (χ4n) is 3.18. The molecule has 0 aliphatic carbocycles. The van der Waals surface area contributed by atoms with Crippen molar-refractivity contribution in [1.29, 1.82) is 0 Å². The summed E-state index contributed by atoms with van der Waals surface area (Å²) in [7, 11) is -3.50. The maximum atomic E-state index is 12.8. The van der Waals surface area contributed by atoms with Gasteiger partial charge in [0.1, 0.15) is 0 Å². The molecule has 1 amide bonds. The second-order valence-electron chi connectivity index (χ2n) is 7.41. The number of piperidine rings is 1. The number of carbonyl (C=O) groups is 1. The fraction of sp³-hybridized carbons (Fsp3) is 0.273. The number of amides is 1. The molecule has 2 aromatic carbocycles. The number of hydrogen-bond acceptors (Lipinski definition) is 4. The van der Waals surface area contributed by atoms with Crippen molar-refractivity contribution >= 4 is 56.6 Å². The lowest BCUT2D eigenvalue weighted by Crippen LogP contribution is -2.37. The smallest absolute Gasteiger partial charge is 0.250 e. The van der Waals surface area contributed by atoms with Gasteiger partial charge in [-0.05, 0) is 72.9 Å². The number of halogens is 1. The third kappa shape index (κ3) is 6.36. The molecule has 1 aliphatic rings. The van der Waals surface area contributed by atoms with Crippen molar-refractivity contribution in [2.45, 2.75) is 24.7 Å². The summed E-state index contributed by atoms with van der Waals surface area (Å²) in [6, 6.07) is 13.5. The van der Waals surface area contributed by atoms with Crippen LogP contribution in [0.1, 0.15) is 25.3 Å². The standard InChI is InChI=1S/C22H24ClN3O3S2/c1-16-12-14-26(15-13-16)31(28,29)19-9-7-18(8-10-19)24-22(30)25-21(27)11-6-17-4-2-3-5-20(17)23/h2-11,16H,12-15H2,1H3,(H2,24,25,27,30)/b11-6+. The van der Waals surface area contributed by atoms with Gasteiger partial charge < -0.3 is 5.32 Å². The Bertz CT molecular complexity index is 1080. The molecule has 1 fully saturated rings. The van der Waals surface area contributed by atoms with E-state index in [0.29, 0.717) is 29.7 Å². The normalized spacial score (nSPS) is 15.7. The second-order valence-corrected chi connectivity index (χ2v) is 10.2. The van der Waals surface area contributed by atoms with Gasteiger partial charge in [-0.15, -0.1) is 0 Å². The minimum absolute atomic E-state index is 0.106. The molecule has 2 N–H and O–H groups in total. The molecule has 0 spiro atoms. The summed E-state index contributed by atoms with van der Waals surface area (Å²) in [5.41, 5.74) is 1.30. The van der Waals surface area contributed by atoms with E-state index in [2.05, 4.69) is 17.6 Å². The molecule has 6 nitrogen and oxygen atoms in total. The van der Waals surface area contributed by atoms with Crippen LogP contribution >= 0.6 is 23.8 Å². The maximum Gasteiger partial charge on any atom is 0.250 e. The molecule has 31 heavy (non-hydrogen) atoms. The number of nitrogens with one attached hydrogen (secondary N) is 2. The minimum atomic E-state index is -3.50. The van der Waals surface area contributed by atoms with Crippen LogP contribution in [0.15, 0.2) is 59.5 Å². The SMILES string of the molecule is CC1CCN(S(=O)(=O)c2ccc(NC(=S)NC(=O)/C=C/c3ccccc3Cl)cc2)CC1. The first-order valence-corrected chi connectivity index (χ1v) is 12.1. The van der Waals surface area contributed by atoms with Crippen LogP contribution in [0, 0.1) is 5.92 Å². The van der Waals surface area contributed by atoms with Crippen molar-refractivity contribution in [2.24, 2.45) is 5.92 Å². The number of carbonyl (C=O) groups excluding carboxylic acids is 1. The highest BCUT2D eigenvalue weighted by atomic mass is 35.5. The van der Waals surface area contributed by atoms with E-state index in [9.17, 15) is 13.2 Å². The van der Waals surface area contributed by atoms with Gasteiger partial charge in [-0.25, -0.2) is 8.42 Å². The van der Waals surface area contributed by atoms with Gasteiger partial charge in [0, 0.05) is 29.9 Å². The molecular formula is C22H24ClN3O3S2. The molecule has 0 aromatic heterocycles. The van der Waals surface area contributed by atoms with E-state index in [1.807, 2.05) is 12.1 Å². The number of rotatable bonds is 5. The van der Waals surface area contributed by atoms with Crippen molar-refractivity contribution in [1.82, 2.24) is 9.62 Å². The first kappa shape index (κ1) is 23.4. The third-order valence-corrected chi connectivity index (χ3v) is 7.51. The van der Waals surface area contributed by atoms with E-state index in [1.165, 1.54) is 22.5 Å². The Morgan fingerprint density at radius 1 is 1.13 bits per heavy atom. The minimum Gasteiger partial charge on any atom is -0.332 e. The van der Waals surface area contributed by atoms with Crippen molar-refractivity contribution in [2.75, 3.05) is 18.4 Å². The molecule has 0 saturated carbocycles. The van der Waals surface area contributed by atoms with Crippen molar-refractivity contribution < 1.29 is 13.2 Å². The predicted octanol–water partition coefficient (Wildman–Crippen LogP) is 4.29. The number of hydrogen-bond donors (Lipinski definition) is 2. The molecule has 9 heteroatoms. The van der Waals surface area contributed by atoms with Gasteiger partial charge >= 0.3 is 0 Å². The Kier molecular flexibility index (Phi) is 7.83. The Labute approximate surface area is 193 Å². The number of nitrogens with zero attached hydrogens (tertiary/aromatic N) is 1. The molecule has 0 radical (unpaired) electrons. The first-order valence-electron chi connectivity index (χ1n) is 9.90. The van der Waals surface area contributed by atoms with Crippen LogP contribution in [0.3, 0.4) is 0 Å². The van der Waals surface area contributed by atoms with E-state index in [0.717, 1.165) is 18.4 Å². The average Bonchev–Trinajstić information content (AvgIpc) is 2.74. The largest absolute Gasteiger partial charge is 0.332 e. The molecular weight excluding hydrogens is 454 g/mol. The molecule has 1 saturated heterocycles. The lowest BCUT2D eigenvalue weighted by Gasteiger charge is -2.29. The van der Waals surface area contributed by atoms with E-state index in [-0.39, 0.29) is 10.0 Å². The Morgan fingerprint density at radius 2 is 1.77 bits per heavy atom. The molecule has 2 aromatic rings. The van der Waals surface area contributed by atoms with Crippen LogP contribution in [0.25, 0.3) is 6.08 Å². The summed E-state index contributed by atoms with van der Waals surface area (Å²) in [5, 5.41) is 6.07. The van der Waals surface area contributed by atoms with Gasteiger partial charge in [0.05, 0.1) is 4.90 Å². The van der Waals surface area contributed by atoms with E-state index in [4.69, 9.17) is 23.8 Å². The van der Waals surface area contributed by atoms with Crippen LogP contribution in [-0.2, 0) is 14.8 Å². The summed E-state index contributed by atoms with van der Waals surface area (Å²) in [6.07, 6.45) is 4.68. The van der Waals surface area contributed by atoms with Crippen LogP contribution in [-0.4, -0.2) is 36.8 Å². The van der Waals surface area contributed by atoms with E-state index >= 15 is 0 Å². The zero-order valence-corrected chi connectivity index (χ0v) is 19.4. The van der Waals surface area contributed by atoms with Crippen LogP contribution in [0.2, 0.25) is 5.02 Å². The number of anilines is 1. The average molecular weight is 478 g/mol. The van der Waals surface area contributed by atoms with Gasteiger partial charge in [-0.1, -0.05) is 36.7 Å². The number of sulfonamides is 1. The summed E-state index contributed by atoms with van der Waals surface area (Å²) in [5.74, 6) is 0.143. The molecule has 164 valence electrons. The Balaban J connectivity index is 1.56. The summed E-state index contributed by atoms with van der Waals surface area (Å²) < 4.78 is 27.1. The molecule has 0 bridgehead atoms. The predicted molar refractivity (Wildman–Crippen MR) is 128 cm³/mol. The van der Waals surface area contributed by atoms with Gasteiger partial charge in [0.25, 0.3) is 0 Å². The van der Waals surface area contributed by atoms with Crippen LogP contribution in [0.4, 0.5) is 5.69 Å². The molecule has 0 atom stereocenters. The third-order valence-electron chi connectivity index (χ3n) is 5.05.